The number of thiazole rings is 1. The Balaban J connectivity index is 1.32. The van der Waals surface area contributed by atoms with Gasteiger partial charge in [0, 0.05) is 13.1 Å². The largest absolute Gasteiger partial charge is 0.292 e. The number of hydrogen-bond acceptors (Lipinski definition) is 5. The molecule has 5 nitrogen and oxygen atoms in total. The second kappa shape index (κ2) is 6.55. The molecule has 0 spiro atoms. The van der Waals surface area contributed by atoms with Gasteiger partial charge in [-0.2, -0.15) is 0 Å². The van der Waals surface area contributed by atoms with Gasteiger partial charge in [-0.1, -0.05) is 24.3 Å². The quantitative estimate of drug-likeness (QED) is 0.650. The number of benzene rings is 2. The Morgan fingerprint density at radius 2 is 1.67 bits per heavy atom. The highest BCUT2D eigenvalue weighted by Crippen LogP contribution is 2.36. The molecule has 2 aromatic carbocycles. The van der Waals surface area contributed by atoms with Gasteiger partial charge in [0.15, 0.2) is 0 Å². The smallest absolute Gasteiger partial charge is 0.261 e. The van der Waals surface area contributed by atoms with E-state index in [2.05, 4.69) is 11.0 Å². The zero-order valence-electron chi connectivity index (χ0n) is 14.8. The molecule has 0 radical (unpaired) electrons. The zero-order chi connectivity index (χ0) is 18.4. The number of carbonyl (C=O) groups is 2. The highest BCUT2D eigenvalue weighted by Gasteiger charge is 2.36. The fourth-order valence-corrected chi connectivity index (χ4v) is 5.21. The second-order valence-electron chi connectivity index (χ2n) is 7.02. The van der Waals surface area contributed by atoms with E-state index in [9.17, 15) is 9.59 Å². The molecular weight excluding hydrogens is 358 g/mol. The molecule has 2 aliphatic heterocycles. The van der Waals surface area contributed by atoms with Gasteiger partial charge in [0.2, 0.25) is 0 Å². The number of carbonyl (C=O) groups excluding carboxylic acids is 2. The molecule has 2 amide bonds. The van der Waals surface area contributed by atoms with Crippen LogP contribution in [0.15, 0.2) is 48.5 Å². The Kier molecular flexibility index (Phi) is 4.02. The third-order valence-corrected chi connectivity index (χ3v) is 6.59. The molecule has 0 aliphatic carbocycles. The summed E-state index contributed by atoms with van der Waals surface area (Å²) < 4.78 is 1.21. The molecule has 6 heteroatoms. The van der Waals surface area contributed by atoms with E-state index < -0.39 is 0 Å². The summed E-state index contributed by atoms with van der Waals surface area (Å²) in [7, 11) is 0. The van der Waals surface area contributed by atoms with Crippen LogP contribution in [-0.4, -0.2) is 46.2 Å². The van der Waals surface area contributed by atoms with Gasteiger partial charge in [0.05, 0.1) is 27.4 Å². The third-order valence-electron chi connectivity index (χ3n) is 5.45. The van der Waals surface area contributed by atoms with Crippen LogP contribution in [0.5, 0.6) is 0 Å². The fraction of sp³-hybridized carbons (Fsp3) is 0.286. The van der Waals surface area contributed by atoms with E-state index in [4.69, 9.17) is 4.98 Å². The minimum atomic E-state index is -0.175. The molecule has 3 aromatic rings. The third kappa shape index (κ3) is 2.76. The summed E-state index contributed by atoms with van der Waals surface area (Å²) in [4.78, 5) is 33.7. The first-order valence-electron chi connectivity index (χ1n) is 9.27. The summed E-state index contributed by atoms with van der Waals surface area (Å²) in [5.41, 5.74) is 2.09. The number of fused-ring (bicyclic) bond motifs is 2. The highest BCUT2D eigenvalue weighted by atomic mass is 32.1. The number of imide groups is 1. The van der Waals surface area contributed by atoms with E-state index in [-0.39, 0.29) is 17.9 Å². The maximum atomic E-state index is 12.6. The summed E-state index contributed by atoms with van der Waals surface area (Å²) in [5, 5.41) is 1.14. The molecule has 0 bridgehead atoms. The van der Waals surface area contributed by atoms with E-state index in [1.807, 2.05) is 18.2 Å². The SMILES string of the molecule is O=C1c2ccccc2C(=O)N1CCN1CCC[C@@H]1c1nc2ccccc2s1. The van der Waals surface area contributed by atoms with Crippen LogP contribution >= 0.6 is 11.3 Å². The Labute approximate surface area is 161 Å². The number of rotatable bonds is 4. The normalized spacial score (nSPS) is 20.0. The van der Waals surface area contributed by atoms with Crippen molar-refractivity contribution in [2.24, 2.45) is 0 Å². The molecule has 3 heterocycles. The minimum Gasteiger partial charge on any atom is -0.292 e. The molecule has 1 fully saturated rings. The number of para-hydroxylation sites is 1. The van der Waals surface area contributed by atoms with Gasteiger partial charge in [-0.05, 0) is 43.7 Å². The van der Waals surface area contributed by atoms with Crippen LogP contribution in [0.4, 0.5) is 0 Å². The molecular formula is C21H19N3O2S. The number of nitrogens with zero attached hydrogens (tertiary/aromatic N) is 3. The van der Waals surface area contributed by atoms with Gasteiger partial charge in [-0.15, -0.1) is 11.3 Å². The van der Waals surface area contributed by atoms with Crippen LogP contribution in [0.3, 0.4) is 0 Å². The Hall–Kier alpha value is -2.57. The Morgan fingerprint density at radius 3 is 2.41 bits per heavy atom. The average Bonchev–Trinajstić information content (AvgIpc) is 3.38. The number of amides is 2. The van der Waals surface area contributed by atoms with Crippen molar-refractivity contribution in [2.75, 3.05) is 19.6 Å². The summed E-state index contributed by atoms with van der Waals surface area (Å²) in [6, 6.07) is 15.6. The maximum absolute atomic E-state index is 12.6. The van der Waals surface area contributed by atoms with E-state index in [1.165, 1.54) is 9.60 Å². The van der Waals surface area contributed by atoms with E-state index in [1.54, 1.807) is 35.6 Å². The lowest BCUT2D eigenvalue weighted by Gasteiger charge is -2.25. The fourth-order valence-electron chi connectivity index (χ4n) is 4.08. The standard InChI is InChI=1S/C21H19N3O2S/c25-20-14-6-1-2-7-15(14)21(26)24(20)13-12-23-11-5-9-17(23)19-22-16-8-3-4-10-18(16)27-19/h1-4,6-8,10,17H,5,9,11-13H2/t17-/m1/s1. The predicted molar refractivity (Wildman–Crippen MR) is 105 cm³/mol. The van der Waals surface area contributed by atoms with E-state index in [0.29, 0.717) is 24.2 Å². The highest BCUT2D eigenvalue weighted by molar-refractivity contribution is 7.18. The zero-order valence-corrected chi connectivity index (χ0v) is 15.6. The topological polar surface area (TPSA) is 53.5 Å². The molecule has 1 saturated heterocycles. The van der Waals surface area contributed by atoms with Crippen molar-refractivity contribution in [3.63, 3.8) is 0 Å². The van der Waals surface area contributed by atoms with Crippen molar-refractivity contribution in [3.8, 4) is 0 Å². The van der Waals surface area contributed by atoms with Crippen LogP contribution in [0.1, 0.15) is 44.6 Å². The van der Waals surface area contributed by atoms with Crippen LogP contribution in [0.2, 0.25) is 0 Å². The Bertz CT molecular complexity index is 977. The molecule has 1 aromatic heterocycles. The predicted octanol–water partition coefficient (Wildman–Crippen LogP) is 3.73. The summed E-state index contributed by atoms with van der Waals surface area (Å²) in [6.07, 6.45) is 2.19. The summed E-state index contributed by atoms with van der Waals surface area (Å²) >= 11 is 1.75. The second-order valence-corrected chi connectivity index (χ2v) is 8.08. The van der Waals surface area contributed by atoms with Crippen molar-refractivity contribution in [2.45, 2.75) is 18.9 Å². The number of likely N-dealkylation sites (tertiary alicyclic amines) is 1. The average molecular weight is 377 g/mol. The lowest BCUT2D eigenvalue weighted by atomic mass is 10.1. The van der Waals surface area contributed by atoms with E-state index >= 15 is 0 Å². The van der Waals surface area contributed by atoms with Gasteiger partial charge < -0.3 is 0 Å². The molecule has 1 atom stereocenters. The molecule has 27 heavy (non-hydrogen) atoms. The summed E-state index contributed by atoms with van der Waals surface area (Å²) in [5.74, 6) is -0.349. The molecule has 0 unspecified atom stereocenters. The van der Waals surface area contributed by atoms with Crippen molar-refractivity contribution in [1.82, 2.24) is 14.8 Å². The van der Waals surface area contributed by atoms with Gasteiger partial charge in [-0.25, -0.2) is 4.98 Å². The summed E-state index contributed by atoms with van der Waals surface area (Å²) in [6.45, 7) is 2.09. The molecule has 136 valence electrons. The first-order chi connectivity index (χ1) is 13.2. The van der Waals surface area contributed by atoms with Crippen LogP contribution in [-0.2, 0) is 0 Å². The van der Waals surface area contributed by atoms with Crippen molar-refractivity contribution in [3.05, 3.63) is 64.7 Å². The van der Waals surface area contributed by atoms with Gasteiger partial charge in [-0.3, -0.25) is 19.4 Å². The van der Waals surface area contributed by atoms with Gasteiger partial charge in [0.1, 0.15) is 5.01 Å². The minimum absolute atomic E-state index is 0.175. The monoisotopic (exact) mass is 377 g/mol. The van der Waals surface area contributed by atoms with E-state index in [0.717, 1.165) is 29.9 Å². The van der Waals surface area contributed by atoms with Crippen LogP contribution in [0.25, 0.3) is 10.2 Å². The van der Waals surface area contributed by atoms with Crippen LogP contribution < -0.4 is 0 Å². The molecule has 0 saturated carbocycles. The van der Waals surface area contributed by atoms with Crippen LogP contribution in [0, 0.1) is 0 Å². The molecule has 0 N–H and O–H groups in total. The van der Waals surface area contributed by atoms with Crippen molar-refractivity contribution >= 4 is 33.4 Å². The maximum Gasteiger partial charge on any atom is 0.261 e. The van der Waals surface area contributed by atoms with Gasteiger partial charge in [0.25, 0.3) is 11.8 Å². The number of hydrogen-bond donors (Lipinski definition) is 0. The number of aromatic nitrogens is 1. The first kappa shape index (κ1) is 16.6. The lowest BCUT2D eigenvalue weighted by molar-refractivity contribution is 0.0633. The molecule has 2 aliphatic rings. The first-order valence-corrected chi connectivity index (χ1v) is 10.1. The van der Waals surface area contributed by atoms with Crippen molar-refractivity contribution < 1.29 is 9.59 Å². The van der Waals surface area contributed by atoms with Gasteiger partial charge >= 0.3 is 0 Å². The Morgan fingerprint density at radius 1 is 0.963 bits per heavy atom. The lowest BCUT2D eigenvalue weighted by Crippen LogP contribution is -2.38. The van der Waals surface area contributed by atoms with Crippen molar-refractivity contribution in [1.29, 1.82) is 0 Å². The molecule has 5 rings (SSSR count).